The maximum atomic E-state index is 5.00. The van der Waals surface area contributed by atoms with Crippen molar-refractivity contribution < 1.29 is 4.74 Å². The lowest BCUT2D eigenvalue weighted by Crippen LogP contribution is -2.41. The molecule has 0 saturated carbocycles. The van der Waals surface area contributed by atoms with Crippen LogP contribution in [0, 0.1) is 5.92 Å². The number of piperidine rings is 1. The first kappa shape index (κ1) is 14.9. The van der Waals surface area contributed by atoms with E-state index in [2.05, 4.69) is 24.1 Å². The quantitative estimate of drug-likeness (QED) is 0.660. The maximum absolute atomic E-state index is 5.00. The van der Waals surface area contributed by atoms with Crippen LogP contribution in [0.2, 0.25) is 0 Å². The van der Waals surface area contributed by atoms with Crippen LogP contribution >= 0.6 is 0 Å². The Morgan fingerprint density at radius 1 is 1.18 bits per heavy atom. The highest BCUT2D eigenvalue weighted by Gasteiger charge is 2.21. The average Bonchev–Trinajstić information content (AvgIpc) is 2.32. The third-order valence-corrected chi connectivity index (χ3v) is 3.78. The van der Waals surface area contributed by atoms with Crippen LogP contribution in [0.5, 0.6) is 0 Å². The van der Waals surface area contributed by atoms with E-state index in [1.165, 1.54) is 38.8 Å². The number of hydrogen-bond donors (Lipinski definition) is 1. The molecule has 0 aliphatic carbocycles. The molecule has 0 aromatic carbocycles. The van der Waals surface area contributed by atoms with Crippen molar-refractivity contribution in [2.45, 2.75) is 45.6 Å². The molecule has 3 heteroatoms. The average molecular weight is 242 g/mol. The number of nitrogens with zero attached hydrogens (tertiary/aromatic N) is 1. The Bertz CT molecular complexity index is 187. The third-order valence-electron chi connectivity index (χ3n) is 3.78. The first-order chi connectivity index (χ1) is 8.24. The summed E-state index contributed by atoms with van der Waals surface area (Å²) in [5.41, 5.74) is 0. The fraction of sp³-hybridized carbons (Fsp3) is 1.00. The van der Waals surface area contributed by atoms with Crippen molar-refractivity contribution in [3.8, 4) is 0 Å². The summed E-state index contributed by atoms with van der Waals surface area (Å²) < 4.78 is 5.00. The summed E-state index contributed by atoms with van der Waals surface area (Å²) in [6.45, 7) is 10.3. The molecule has 102 valence electrons. The van der Waals surface area contributed by atoms with E-state index >= 15 is 0 Å². The van der Waals surface area contributed by atoms with Crippen LogP contribution in [0.1, 0.15) is 39.5 Å². The van der Waals surface area contributed by atoms with Crippen LogP contribution in [-0.2, 0) is 4.74 Å². The van der Waals surface area contributed by atoms with Gasteiger partial charge in [0.1, 0.15) is 0 Å². The van der Waals surface area contributed by atoms with Crippen LogP contribution in [0.25, 0.3) is 0 Å². The lowest BCUT2D eigenvalue weighted by atomic mass is 9.95. The molecule has 3 nitrogen and oxygen atoms in total. The molecule has 2 unspecified atom stereocenters. The number of rotatable bonds is 8. The molecule has 0 radical (unpaired) electrons. The van der Waals surface area contributed by atoms with Crippen molar-refractivity contribution in [3.63, 3.8) is 0 Å². The highest BCUT2D eigenvalue weighted by Crippen LogP contribution is 2.21. The summed E-state index contributed by atoms with van der Waals surface area (Å²) in [5, 5.41) is 3.40. The molecule has 1 aliphatic rings. The molecule has 1 N–H and O–H groups in total. The topological polar surface area (TPSA) is 24.5 Å². The van der Waals surface area contributed by atoms with Crippen LogP contribution in [-0.4, -0.2) is 50.8 Å². The van der Waals surface area contributed by atoms with Crippen molar-refractivity contribution in [2.75, 3.05) is 39.9 Å². The zero-order valence-corrected chi connectivity index (χ0v) is 11.9. The van der Waals surface area contributed by atoms with Gasteiger partial charge in [0, 0.05) is 26.2 Å². The summed E-state index contributed by atoms with van der Waals surface area (Å²) in [5.74, 6) is 0.894. The summed E-state index contributed by atoms with van der Waals surface area (Å²) in [6.07, 6.45) is 5.39. The SMILES string of the molecule is COCCNCCCCN1CC(C)CCC1C. The largest absolute Gasteiger partial charge is 0.383 e. The summed E-state index contributed by atoms with van der Waals surface area (Å²) in [4.78, 5) is 2.67. The molecule has 0 aromatic rings. The third kappa shape index (κ3) is 6.39. The van der Waals surface area contributed by atoms with Crippen molar-refractivity contribution in [3.05, 3.63) is 0 Å². The van der Waals surface area contributed by atoms with Gasteiger partial charge in [0.25, 0.3) is 0 Å². The minimum Gasteiger partial charge on any atom is -0.383 e. The fourth-order valence-corrected chi connectivity index (χ4v) is 2.56. The van der Waals surface area contributed by atoms with Crippen molar-refractivity contribution in [2.24, 2.45) is 5.92 Å². The second-order valence-corrected chi connectivity index (χ2v) is 5.48. The number of ether oxygens (including phenoxy) is 1. The molecular weight excluding hydrogens is 212 g/mol. The van der Waals surface area contributed by atoms with Crippen LogP contribution in [0.15, 0.2) is 0 Å². The van der Waals surface area contributed by atoms with Gasteiger partial charge in [-0.1, -0.05) is 6.92 Å². The molecular formula is C14H30N2O. The number of nitrogens with one attached hydrogen (secondary N) is 1. The van der Waals surface area contributed by atoms with Gasteiger partial charge in [0.15, 0.2) is 0 Å². The number of hydrogen-bond acceptors (Lipinski definition) is 3. The van der Waals surface area contributed by atoms with Gasteiger partial charge in [-0.25, -0.2) is 0 Å². The molecule has 0 aromatic heterocycles. The molecule has 0 spiro atoms. The highest BCUT2D eigenvalue weighted by molar-refractivity contribution is 4.76. The Kier molecular flexibility index (Phi) is 7.82. The Balaban J connectivity index is 1.97. The molecule has 1 rings (SSSR count). The molecule has 2 atom stereocenters. The molecule has 0 amide bonds. The summed E-state index contributed by atoms with van der Waals surface area (Å²) in [6, 6.07) is 0.799. The highest BCUT2D eigenvalue weighted by atomic mass is 16.5. The smallest absolute Gasteiger partial charge is 0.0587 e. The number of likely N-dealkylation sites (tertiary alicyclic amines) is 1. The molecule has 0 bridgehead atoms. The molecule has 1 fully saturated rings. The van der Waals surface area contributed by atoms with E-state index in [1.807, 2.05) is 0 Å². The van der Waals surface area contributed by atoms with Crippen molar-refractivity contribution in [1.82, 2.24) is 10.2 Å². The standard InChI is InChI=1S/C14H30N2O/c1-13-6-7-14(2)16(12-13)10-5-4-8-15-9-11-17-3/h13-15H,4-12H2,1-3H3. The van der Waals surface area contributed by atoms with Gasteiger partial charge >= 0.3 is 0 Å². The van der Waals surface area contributed by atoms with Crippen LogP contribution < -0.4 is 5.32 Å². The Labute approximate surface area is 107 Å². The Morgan fingerprint density at radius 3 is 2.76 bits per heavy atom. The minimum atomic E-state index is 0.799. The predicted molar refractivity (Wildman–Crippen MR) is 73.4 cm³/mol. The zero-order chi connectivity index (χ0) is 12.5. The molecule has 1 saturated heterocycles. The minimum absolute atomic E-state index is 0.799. The van der Waals surface area contributed by atoms with E-state index in [0.717, 1.165) is 31.7 Å². The van der Waals surface area contributed by atoms with Gasteiger partial charge in [0.2, 0.25) is 0 Å². The number of methoxy groups -OCH3 is 1. The van der Waals surface area contributed by atoms with Crippen molar-refractivity contribution in [1.29, 1.82) is 0 Å². The summed E-state index contributed by atoms with van der Waals surface area (Å²) in [7, 11) is 1.75. The molecule has 17 heavy (non-hydrogen) atoms. The van der Waals surface area contributed by atoms with E-state index in [1.54, 1.807) is 7.11 Å². The Hall–Kier alpha value is -0.120. The van der Waals surface area contributed by atoms with Gasteiger partial charge in [-0.05, 0) is 51.6 Å². The second-order valence-electron chi connectivity index (χ2n) is 5.48. The second kappa shape index (κ2) is 8.90. The molecule has 1 heterocycles. The van der Waals surface area contributed by atoms with Crippen LogP contribution in [0.4, 0.5) is 0 Å². The monoisotopic (exact) mass is 242 g/mol. The predicted octanol–water partition coefficient (Wildman–Crippen LogP) is 2.12. The first-order valence-electron chi connectivity index (χ1n) is 7.17. The van der Waals surface area contributed by atoms with Crippen LogP contribution in [0.3, 0.4) is 0 Å². The van der Waals surface area contributed by atoms with E-state index < -0.39 is 0 Å². The zero-order valence-electron chi connectivity index (χ0n) is 11.9. The van der Waals surface area contributed by atoms with Crippen molar-refractivity contribution >= 4 is 0 Å². The first-order valence-corrected chi connectivity index (χ1v) is 7.17. The van der Waals surface area contributed by atoms with E-state index in [-0.39, 0.29) is 0 Å². The fourth-order valence-electron chi connectivity index (χ4n) is 2.56. The Morgan fingerprint density at radius 2 is 2.00 bits per heavy atom. The number of unbranched alkanes of at least 4 members (excludes halogenated alkanes) is 1. The van der Waals surface area contributed by atoms with Gasteiger partial charge < -0.3 is 15.0 Å². The maximum Gasteiger partial charge on any atom is 0.0587 e. The van der Waals surface area contributed by atoms with Gasteiger partial charge in [0.05, 0.1) is 6.61 Å². The normalized spacial score (nSPS) is 26.3. The lowest BCUT2D eigenvalue weighted by molar-refractivity contribution is 0.122. The lowest BCUT2D eigenvalue weighted by Gasteiger charge is -2.36. The van der Waals surface area contributed by atoms with Gasteiger partial charge in [-0.3, -0.25) is 0 Å². The van der Waals surface area contributed by atoms with E-state index in [9.17, 15) is 0 Å². The van der Waals surface area contributed by atoms with E-state index in [0.29, 0.717) is 0 Å². The van der Waals surface area contributed by atoms with Gasteiger partial charge in [-0.15, -0.1) is 0 Å². The summed E-state index contributed by atoms with van der Waals surface area (Å²) >= 11 is 0. The van der Waals surface area contributed by atoms with Gasteiger partial charge in [-0.2, -0.15) is 0 Å². The molecule has 1 aliphatic heterocycles. The van der Waals surface area contributed by atoms with E-state index in [4.69, 9.17) is 4.74 Å².